The van der Waals surface area contributed by atoms with Gasteiger partial charge in [-0.3, -0.25) is 4.79 Å². The molecule has 0 bridgehead atoms. The second-order valence-electron chi connectivity index (χ2n) is 4.37. The van der Waals surface area contributed by atoms with Crippen molar-refractivity contribution in [3.05, 3.63) is 28.7 Å². The molecule has 0 aliphatic heterocycles. The summed E-state index contributed by atoms with van der Waals surface area (Å²) >= 11 is 3.31. The first-order chi connectivity index (χ1) is 9.93. The van der Waals surface area contributed by atoms with Crippen LogP contribution in [0.5, 0.6) is 0 Å². The smallest absolute Gasteiger partial charge is 0.319 e. The van der Waals surface area contributed by atoms with Gasteiger partial charge in [-0.25, -0.2) is 4.79 Å². The van der Waals surface area contributed by atoms with Gasteiger partial charge < -0.3 is 16.4 Å². The van der Waals surface area contributed by atoms with Crippen molar-refractivity contribution in [2.24, 2.45) is 11.7 Å². The summed E-state index contributed by atoms with van der Waals surface area (Å²) in [4.78, 5) is 23.1. The number of nitrogens with two attached hydrogens (primary N) is 1. The van der Waals surface area contributed by atoms with Gasteiger partial charge in [0, 0.05) is 10.2 Å². The monoisotopic (exact) mass is 357 g/mol. The summed E-state index contributed by atoms with van der Waals surface area (Å²) in [7, 11) is 0. The summed E-state index contributed by atoms with van der Waals surface area (Å²) in [5, 5.41) is 5.25. The van der Waals surface area contributed by atoms with Crippen LogP contribution in [-0.2, 0) is 4.79 Å². The molecule has 2 unspecified atom stereocenters. The maximum absolute atomic E-state index is 11.8. The number of urea groups is 1. The van der Waals surface area contributed by atoms with E-state index in [1.54, 1.807) is 12.1 Å². The molecule has 0 aliphatic rings. The highest BCUT2D eigenvalue weighted by molar-refractivity contribution is 9.10. The minimum atomic E-state index is -0.666. The number of anilines is 1. The van der Waals surface area contributed by atoms with Crippen molar-refractivity contribution in [1.82, 2.24) is 5.32 Å². The van der Waals surface area contributed by atoms with E-state index in [0.717, 1.165) is 10.9 Å². The average Bonchev–Trinajstić information content (AvgIpc) is 2.48. The predicted octanol–water partition coefficient (Wildman–Crippen LogP) is 3.50. The molecule has 21 heavy (non-hydrogen) atoms. The Morgan fingerprint density at radius 1 is 1.24 bits per heavy atom. The predicted molar refractivity (Wildman–Crippen MR) is 90.1 cm³/mol. The molecular formula is C15H24BrN3O2. The zero-order valence-corrected chi connectivity index (χ0v) is 14.5. The summed E-state index contributed by atoms with van der Waals surface area (Å²) in [6, 6.07) is 6.04. The van der Waals surface area contributed by atoms with Gasteiger partial charge in [0.05, 0.1) is 0 Å². The minimum absolute atomic E-state index is 0.00633. The Kier molecular flexibility index (Phi) is 9.45. The molecular weight excluding hydrogens is 334 g/mol. The summed E-state index contributed by atoms with van der Waals surface area (Å²) in [5.74, 6) is -0.534. The first-order valence-corrected chi connectivity index (χ1v) is 7.85. The van der Waals surface area contributed by atoms with Gasteiger partial charge in [-0.2, -0.15) is 0 Å². The van der Waals surface area contributed by atoms with Crippen LogP contribution in [0.1, 0.15) is 34.1 Å². The third kappa shape index (κ3) is 7.13. The lowest BCUT2D eigenvalue weighted by atomic mass is 9.99. The molecule has 3 amide bonds. The fourth-order valence-corrected chi connectivity index (χ4v) is 1.84. The Balaban J connectivity index is 0.00000191. The molecule has 5 nitrogen and oxygen atoms in total. The van der Waals surface area contributed by atoms with Crippen LogP contribution in [0, 0.1) is 5.92 Å². The van der Waals surface area contributed by atoms with Gasteiger partial charge in [-0.1, -0.05) is 50.0 Å². The van der Waals surface area contributed by atoms with Crippen molar-refractivity contribution >= 4 is 33.6 Å². The second-order valence-corrected chi connectivity index (χ2v) is 5.29. The molecule has 0 fully saturated rings. The standard InChI is InChI=1S/C13H18BrN3O2.C2H6/c1-3-8(2)11(12(15)18)17-13(19)16-10-6-4-9(14)5-7-10;1-2/h4-8,11H,3H2,1-2H3,(H2,15,18)(H2,16,17,19);1-2H3. The number of amides is 3. The molecule has 0 saturated carbocycles. The van der Waals surface area contributed by atoms with E-state index in [4.69, 9.17) is 5.73 Å². The van der Waals surface area contributed by atoms with Gasteiger partial charge in [-0.05, 0) is 30.2 Å². The van der Waals surface area contributed by atoms with Crippen molar-refractivity contribution in [1.29, 1.82) is 0 Å². The van der Waals surface area contributed by atoms with Crippen LogP contribution < -0.4 is 16.4 Å². The van der Waals surface area contributed by atoms with E-state index in [0.29, 0.717) is 5.69 Å². The highest BCUT2D eigenvalue weighted by Gasteiger charge is 2.23. The Labute approximate surface area is 134 Å². The third-order valence-electron chi connectivity index (χ3n) is 2.91. The highest BCUT2D eigenvalue weighted by atomic mass is 79.9. The van der Waals surface area contributed by atoms with Crippen LogP contribution in [0.25, 0.3) is 0 Å². The largest absolute Gasteiger partial charge is 0.368 e. The molecule has 0 saturated heterocycles. The maximum Gasteiger partial charge on any atom is 0.319 e. The average molecular weight is 358 g/mol. The first-order valence-electron chi connectivity index (χ1n) is 7.06. The molecule has 0 radical (unpaired) electrons. The van der Waals surface area contributed by atoms with Crippen molar-refractivity contribution < 1.29 is 9.59 Å². The zero-order valence-electron chi connectivity index (χ0n) is 12.9. The van der Waals surface area contributed by atoms with Gasteiger partial charge in [0.2, 0.25) is 5.91 Å². The number of nitrogens with one attached hydrogen (secondary N) is 2. The second kappa shape index (κ2) is 10.2. The number of hydrogen-bond acceptors (Lipinski definition) is 2. The van der Waals surface area contributed by atoms with E-state index in [1.807, 2.05) is 39.8 Å². The summed E-state index contributed by atoms with van der Waals surface area (Å²) < 4.78 is 0.924. The van der Waals surface area contributed by atoms with Crippen LogP contribution >= 0.6 is 15.9 Å². The third-order valence-corrected chi connectivity index (χ3v) is 3.44. The lowest BCUT2D eigenvalue weighted by Crippen LogP contribution is -2.49. The molecule has 0 aliphatic carbocycles. The highest BCUT2D eigenvalue weighted by Crippen LogP contribution is 2.14. The Bertz CT molecular complexity index is 449. The Morgan fingerprint density at radius 3 is 2.19 bits per heavy atom. The van der Waals surface area contributed by atoms with E-state index < -0.39 is 18.0 Å². The topological polar surface area (TPSA) is 84.2 Å². The normalized spacial score (nSPS) is 12.4. The quantitative estimate of drug-likeness (QED) is 0.753. The fourth-order valence-electron chi connectivity index (χ4n) is 1.57. The first kappa shape index (κ1) is 19.4. The maximum atomic E-state index is 11.8. The molecule has 2 atom stereocenters. The number of halogens is 1. The van der Waals surface area contributed by atoms with Crippen LogP contribution in [0.3, 0.4) is 0 Å². The van der Waals surface area contributed by atoms with Crippen molar-refractivity contribution in [3.8, 4) is 0 Å². The molecule has 0 spiro atoms. The number of carbonyl (C=O) groups excluding carboxylic acids is 2. The van der Waals surface area contributed by atoms with Crippen molar-refractivity contribution in [2.75, 3.05) is 5.32 Å². The van der Waals surface area contributed by atoms with Gasteiger partial charge in [0.1, 0.15) is 6.04 Å². The molecule has 0 aromatic heterocycles. The van der Waals surface area contributed by atoms with E-state index in [1.165, 1.54) is 0 Å². The fraction of sp³-hybridized carbons (Fsp3) is 0.467. The lowest BCUT2D eigenvalue weighted by molar-refractivity contribution is -0.120. The van der Waals surface area contributed by atoms with E-state index >= 15 is 0 Å². The summed E-state index contributed by atoms with van der Waals surface area (Å²) in [5.41, 5.74) is 5.93. The molecule has 4 N–H and O–H groups in total. The molecule has 6 heteroatoms. The SMILES string of the molecule is CC.CCC(C)C(NC(=O)Nc1ccc(Br)cc1)C(N)=O. The van der Waals surface area contributed by atoms with E-state index in [-0.39, 0.29) is 5.92 Å². The number of primary amides is 1. The van der Waals surface area contributed by atoms with Crippen LogP contribution in [-0.4, -0.2) is 18.0 Å². The molecule has 118 valence electrons. The molecule has 1 rings (SSSR count). The van der Waals surface area contributed by atoms with E-state index in [9.17, 15) is 9.59 Å². The van der Waals surface area contributed by atoms with Gasteiger partial charge in [0.25, 0.3) is 0 Å². The van der Waals surface area contributed by atoms with Crippen molar-refractivity contribution in [2.45, 2.75) is 40.2 Å². The number of rotatable bonds is 5. The summed E-state index contributed by atoms with van der Waals surface area (Å²) in [6.07, 6.45) is 0.756. The molecule has 1 aromatic rings. The van der Waals surface area contributed by atoms with Crippen LogP contribution in [0.2, 0.25) is 0 Å². The van der Waals surface area contributed by atoms with E-state index in [2.05, 4.69) is 26.6 Å². The van der Waals surface area contributed by atoms with Gasteiger partial charge in [0.15, 0.2) is 0 Å². The summed E-state index contributed by atoms with van der Waals surface area (Å²) in [6.45, 7) is 7.81. The number of carbonyl (C=O) groups is 2. The number of hydrogen-bond donors (Lipinski definition) is 3. The zero-order chi connectivity index (χ0) is 16.4. The van der Waals surface area contributed by atoms with Crippen LogP contribution in [0.15, 0.2) is 28.7 Å². The minimum Gasteiger partial charge on any atom is -0.368 e. The Hall–Kier alpha value is -1.56. The number of benzene rings is 1. The molecule has 1 aromatic carbocycles. The molecule has 0 heterocycles. The lowest BCUT2D eigenvalue weighted by Gasteiger charge is -2.21. The van der Waals surface area contributed by atoms with Crippen molar-refractivity contribution in [3.63, 3.8) is 0 Å². The van der Waals surface area contributed by atoms with Crippen LogP contribution in [0.4, 0.5) is 10.5 Å². The Morgan fingerprint density at radius 2 is 1.76 bits per heavy atom. The van der Waals surface area contributed by atoms with Gasteiger partial charge >= 0.3 is 6.03 Å². The van der Waals surface area contributed by atoms with Gasteiger partial charge in [-0.15, -0.1) is 0 Å².